The van der Waals surface area contributed by atoms with Crippen LogP contribution in [0.25, 0.3) is 21.7 Å². The van der Waals surface area contributed by atoms with E-state index in [9.17, 15) is 4.79 Å². The van der Waals surface area contributed by atoms with E-state index in [1.54, 1.807) is 19.1 Å². The van der Waals surface area contributed by atoms with Crippen LogP contribution in [0.3, 0.4) is 0 Å². The summed E-state index contributed by atoms with van der Waals surface area (Å²) in [4.78, 5) is 20.5. The zero-order chi connectivity index (χ0) is 20.2. The number of rotatable bonds is 5. The van der Waals surface area contributed by atoms with Gasteiger partial charge in [-0.15, -0.1) is 11.3 Å². The smallest absolute Gasteiger partial charge is 0.283 e. The molecule has 0 unspecified atom stereocenters. The van der Waals surface area contributed by atoms with Gasteiger partial charge in [-0.2, -0.15) is 0 Å². The molecule has 150 valence electrons. The van der Waals surface area contributed by atoms with Crippen molar-refractivity contribution in [1.82, 2.24) is 9.88 Å². The van der Waals surface area contributed by atoms with Crippen molar-refractivity contribution in [3.8, 4) is 33.2 Å². The maximum absolute atomic E-state index is 13.0. The Balaban J connectivity index is 1.75. The number of benzene rings is 2. The Morgan fingerprint density at radius 3 is 2.03 bits per heavy atom. The summed E-state index contributed by atoms with van der Waals surface area (Å²) in [5.74, 6) is 1.52. The molecule has 1 saturated heterocycles. The van der Waals surface area contributed by atoms with Gasteiger partial charge < -0.3 is 19.1 Å². The van der Waals surface area contributed by atoms with Crippen LogP contribution in [0.15, 0.2) is 48.5 Å². The average molecular weight is 410 g/mol. The Bertz CT molecular complexity index is 912. The topological polar surface area (TPSA) is 60.9 Å². The van der Waals surface area contributed by atoms with Crippen LogP contribution >= 0.6 is 11.3 Å². The molecule has 4 rings (SSSR count). The first-order chi connectivity index (χ1) is 14.2. The van der Waals surface area contributed by atoms with Gasteiger partial charge in [0.1, 0.15) is 11.5 Å². The molecule has 0 aliphatic carbocycles. The molecule has 1 aliphatic rings. The molecule has 0 bridgehead atoms. The van der Waals surface area contributed by atoms with Crippen LogP contribution in [0.2, 0.25) is 0 Å². The van der Waals surface area contributed by atoms with Gasteiger partial charge in [0, 0.05) is 18.7 Å². The third-order valence-corrected chi connectivity index (χ3v) is 5.92. The number of aromatic nitrogens is 1. The number of hydrogen-bond acceptors (Lipinski definition) is 6. The minimum atomic E-state index is -0.0483. The number of ether oxygens (including phenoxy) is 3. The molecule has 0 spiro atoms. The van der Waals surface area contributed by atoms with E-state index < -0.39 is 0 Å². The minimum Gasteiger partial charge on any atom is -0.497 e. The molecule has 6 nitrogen and oxygen atoms in total. The number of amides is 1. The lowest BCUT2D eigenvalue weighted by molar-refractivity contribution is 0.0303. The Labute approximate surface area is 173 Å². The Morgan fingerprint density at radius 1 is 0.931 bits per heavy atom. The number of methoxy groups -OCH3 is 2. The normalized spacial score (nSPS) is 13.9. The molecule has 1 aliphatic heterocycles. The zero-order valence-electron chi connectivity index (χ0n) is 16.4. The monoisotopic (exact) mass is 410 g/mol. The summed E-state index contributed by atoms with van der Waals surface area (Å²) >= 11 is 1.42. The number of carbonyl (C=O) groups excluding carboxylic acids is 1. The van der Waals surface area contributed by atoms with Gasteiger partial charge >= 0.3 is 0 Å². The van der Waals surface area contributed by atoms with Crippen LogP contribution in [0.1, 0.15) is 9.80 Å². The van der Waals surface area contributed by atoms with Gasteiger partial charge in [0.05, 0.1) is 38.0 Å². The van der Waals surface area contributed by atoms with Crippen molar-refractivity contribution >= 4 is 17.2 Å². The molecule has 0 atom stereocenters. The molecule has 0 radical (unpaired) electrons. The summed E-state index contributed by atoms with van der Waals surface area (Å²) in [6.07, 6.45) is 0. The first-order valence-corrected chi connectivity index (χ1v) is 10.2. The third-order valence-electron chi connectivity index (χ3n) is 4.82. The van der Waals surface area contributed by atoms with E-state index in [1.165, 1.54) is 11.3 Å². The number of carbonyl (C=O) groups is 1. The molecule has 1 amide bonds. The van der Waals surface area contributed by atoms with E-state index in [1.807, 2.05) is 48.5 Å². The first kappa shape index (κ1) is 19.4. The highest BCUT2D eigenvalue weighted by Gasteiger charge is 2.24. The molecule has 29 heavy (non-hydrogen) atoms. The summed E-state index contributed by atoms with van der Waals surface area (Å²) in [5, 5.41) is 0.489. The van der Waals surface area contributed by atoms with Crippen molar-refractivity contribution in [3.05, 3.63) is 53.5 Å². The molecule has 2 aromatic carbocycles. The van der Waals surface area contributed by atoms with Crippen molar-refractivity contribution in [2.24, 2.45) is 0 Å². The summed E-state index contributed by atoms with van der Waals surface area (Å²) in [6.45, 7) is 2.31. The van der Waals surface area contributed by atoms with Crippen molar-refractivity contribution in [1.29, 1.82) is 0 Å². The van der Waals surface area contributed by atoms with Crippen LogP contribution in [0.4, 0.5) is 0 Å². The van der Waals surface area contributed by atoms with E-state index >= 15 is 0 Å². The largest absolute Gasteiger partial charge is 0.497 e. The van der Waals surface area contributed by atoms with Gasteiger partial charge in [-0.3, -0.25) is 4.79 Å². The third kappa shape index (κ3) is 4.11. The van der Waals surface area contributed by atoms with Gasteiger partial charge in [-0.25, -0.2) is 4.98 Å². The fourth-order valence-electron chi connectivity index (χ4n) is 3.20. The van der Waals surface area contributed by atoms with Gasteiger partial charge in [0.2, 0.25) is 0 Å². The molecule has 7 heteroatoms. The van der Waals surface area contributed by atoms with E-state index in [0.717, 1.165) is 33.2 Å². The standard InChI is InChI=1S/C22H22N2O4S/c1-26-17-7-3-15(4-8-17)19-20(16-5-9-18(27-2)10-6-16)29-21(23-19)22(25)24-11-13-28-14-12-24/h3-10H,11-14H2,1-2H3. The van der Waals surface area contributed by atoms with E-state index in [2.05, 4.69) is 0 Å². The summed E-state index contributed by atoms with van der Waals surface area (Å²) < 4.78 is 15.9. The van der Waals surface area contributed by atoms with Crippen LogP contribution in [0.5, 0.6) is 11.5 Å². The van der Waals surface area contributed by atoms with Crippen molar-refractivity contribution in [3.63, 3.8) is 0 Å². The highest BCUT2D eigenvalue weighted by molar-refractivity contribution is 7.17. The number of morpholine rings is 1. The highest BCUT2D eigenvalue weighted by Crippen LogP contribution is 2.38. The van der Waals surface area contributed by atoms with Crippen LogP contribution in [-0.2, 0) is 4.74 Å². The van der Waals surface area contributed by atoms with Gasteiger partial charge in [-0.1, -0.05) is 0 Å². The van der Waals surface area contributed by atoms with Crippen molar-refractivity contribution in [2.75, 3.05) is 40.5 Å². The van der Waals surface area contributed by atoms with E-state index in [4.69, 9.17) is 19.2 Å². The van der Waals surface area contributed by atoms with Gasteiger partial charge in [0.15, 0.2) is 5.01 Å². The number of nitrogens with zero attached hydrogens (tertiary/aromatic N) is 2. The lowest BCUT2D eigenvalue weighted by Gasteiger charge is -2.25. The predicted octanol–water partition coefficient (Wildman–Crippen LogP) is 3.97. The number of thiazole rings is 1. The quantitative estimate of drug-likeness (QED) is 0.637. The molecule has 2 heterocycles. The minimum absolute atomic E-state index is 0.0483. The van der Waals surface area contributed by atoms with E-state index in [0.29, 0.717) is 31.3 Å². The zero-order valence-corrected chi connectivity index (χ0v) is 17.2. The lowest BCUT2D eigenvalue weighted by Crippen LogP contribution is -2.40. The van der Waals surface area contributed by atoms with Gasteiger partial charge in [-0.05, 0) is 54.1 Å². The molecule has 0 saturated carbocycles. The maximum Gasteiger partial charge on any atom is 0.283 e. The summed E-state index contributed by atoms with van der Waals surface area (Å²) in [5.41, 5.74) is 2.73. The molecular formula is C22H22N2O4S. The molecular weight excluding hydrogens is 388 g/mol. The fourth-order valence-corrected chi connectivity index (χ4v) is 4.26. The fraction of sp³-hybridized carbons (Fsp3) is 0.273. The molecule has 1 aromatic heterocycles. The van der Waals surface area contributed by atoms with Crippen LogP contribution < -0.4 is 9.47 Å². The Hall–Kier alpha value is -2.90. The van der Waals surface area contributed by atoms with Crippen LogP contribution in [-0.4, -0.2) is 56.3 Å². The SMILES string of the molecule is COc1ccc(-c2nc(C(=O)N3CCOCC3)sc2-c2ccc(OC)cc2)cc1. The second kappa shape index (κ2) is 8.63. The molecule has 3 aromatic rings. The Kier molecular flexibility index (Phi) is 5.78. The number of hydrogen-bond donors (Lipinski definition) is 0. The van der Waals surface area contributed by atoms with E-state index in [-0.39, 0.29) is 5.91 Å². The summed E-state index contributed by atoms with van der Waals surface area (Å²) in [7, 11) is 3.28. The molecule has 0 N–H and O–H groups in total. The molecule has 1 fully saturated rings. The first-order valence-electron chi connectivity index (χ1n) is 9.36. The van der Waals surface area contributed by atoms with Crippen molar-refractivity contribution < 1.29 is 19.0 Å². The maximum atomic E-state index is 13.0. The summed E-state index contributed by atoms with van der Waals surface area (Å²) in [6, 6.07) is 15.5. The second-order valence-corrected chi connectivity index (χ2v) is 7.56. The average Bonchev–Trinajstić information content (AvgIpc) is 3.24. The van der Waals surface area contributed by atoms with Gasteiger partial charge in [0.25, 0.3) is 5.91 Å². The van der Waals surface area contributed by atoms with Crippen molar-refractivity contribution in [2.45, 2.75) is 0 Å². The van der Waals surface area contributed by atoms with Crippen LogP contribution in [0, 0.1) is 0 Å². The predicted molar refractivity (Wildman–Crippen MR) is 113 cm³/mol. The Morgan fingerprint density at radius 2 is 1.48 bits per heavy atom. The lowest BCUT2D eigenvalue weighted by atomic mass is 10.1. The highest BCUT2D eigenvalue weighted by atomic mass is 32.1. The second-order valence-electron chi connectivity index (χ2n) is 6.56.